The van der Waals surface area contributed by atoms with E-state index < -0.39 is 5.91 Å². The van der Waals surface area contributed by atoms with E-state index in [1.807, 2.05) is 12.1 Å². The number of benzene rings is 1. The maximum absolute atomic E-state index is 12.1. The van der Waals surface area contributed by atoms with Gasteiger partial charge >= 0.3 is 0 Å². The molecule has 0 atom stereocenters. The average Bonchev–Trinajstić information content (AvgIpc) is 2.59. The number of nitrogens with one attached hydrogen (secondary N) is 1. The number of carbonyl (C=O) groups excluding carboxylic acids is 1. The summed E-state index contributed by atoms with van der Waals surface area (Å²) in [5.74, 6) is -0.223. The van der Waals surface area contributed by atoms with Crippen molar-refractivity contribution in [2.75, 3.05) is 7.11 Å². The molecule has 1 aromatic carbocycles. The lowest BCUT2D eigenvalue weighted by atomic mass is 10.1. The highest BCUT2D eigenvalue weighted by Crippen LogP contribution is 2.27. The number of hydrogen-bond acceptors (Lipinski definition) is 5. The number of nitriles is 1. The van der Waals surface area contributed by atoms with Crippen LogP contribution < -0.4 is 10.1 Å². The molecule has 2 rings (SSSR count). The Morgan fingerprint density at radius 1 is 1.48 bits per heavy atom. The van der Waals surface area contributed by atoms with Crippen LogP contribution in [0.5, 0.6) is 11.5 Å². The zero-order valence-corrected chi connectivity index (χ0v) is 12.5. The standard InChI is InChI=1S/C17H15N3O3/c1-23-16-8-12(4-5-15(16)21)7-14(9-18)17(22)20-11-13-3-2-6-19-10-13/h2-8,10,21H,11H2,1H3,(H,20,22)/b14-7+. The number of carbonyl (C=O) groups is 1. The van der Waals surface area contributed by atoms with Crippen LogP contribution in [0.3, 0.4) is 0 Å². The molecule has 1 amide bonds. The Kier molecular flexibility index (Phi) is 5.31. The van der Waals surface area contributed by atoms with Crippen molar-refractivity contribution in [1.82, 2.24) is 10.3 Å². The number of rotatable bonds is 5. The minimum absolute atomic E-state index is 0.0100. The van der Waals surface area contributed by atoms with Gasteiger partial charge in [0.05, 0.1) is 7.11 Å². The first kappa shape index (κ1) is 16.0. The van der Waals surface area contributed by atoms with Crippen LogP contribution in [0.15, 0.2) is 48.3 Å². The zero-order chi connectivity index (χ0) is 16.7. The van der Waals surface area contributed by atoms with Crippen LogP contribution in [0.4, 0.5) is 0 Å². The van der Waals surface area contributed by atoms with Crippen LogP contribution in [-0.4, -0.2) is 23.1 Å². The molecule has 0 aliphatic rings. The molecule has 0 radical (unpaired) electrons. The Labute approximate surface area is 133 Å². The Morgan fingerprint density at radius 3 is 2.96 bits per heavy atom. The Hall–Kier alpha value is -3.33. The van der Waals surface area contributed by atoms with E-state index in [1.165, 1.54) is 19.3 Å². The van der Waals surface area contributed by atoms with Gasteiger partial charge in [0, 0.05) is 18.9 Å². The molecule has 0 saturated carbocycles. The first-order valence-corrected chi connectivity index (χ1v) is 6.80. The Morgan fingerprint density at radius 2 is 2.30 bits per heavy atom. The normalized spacial score (nSPS) is 10.7. The molecule has 23 heavy (non-hydrogen) atoms. The number of methoxy groups -OCH3 is 1. The molecule has 0 aliphatic heterocycles. The van der Waals surface area contributed by atoms with Crippen LogP contribution in [0.1, 0.15) is 11.1 Å². The third-order valence-electron chi connectivity index (χ3n) is 3.06. The van der Waals surface area contributed by atoms with Crippen molar-refractivity contribution in [3.63, 3.8) is 0 Å². The van der Waals surface area contributed by atoms with Crippen molar-refractivity contribution in [2.45, 2.75) is 6.54 Å². The third kappa shape index (κ3) is 4.32. The summed E-state index contributed by atoms with van der Waals surface area (Å²) >= 11 is 0. The number of phenols is 1. The van der Waals surface area contributed by atoms with Gasteiger partial charge in [-0.05, 0) is 35.4 Å². The minimum Gasteiger partial charge on any atom is -0.504 e. The van der Waals surface area contributed by atoms with Crippen molar-refractivity contribution in [3.05, 3.63) is 59.4 Å². The summed E-state index contributed by atoms with van der Waals surface area (Å²) in [5.41, 5.74) is 1.37. The number of phenolic OH excluding ortho intramolecular Hbond substituents is 1. The first-order valence-electron chi connectivity index (χ1n) is 6.80. The fourth-order valence-corrected chi connectivity index (χ4v) is 1.88. The van der Waals surface area contributed by atoms with E-state index in [9.17, 15) is 9.90 Å². The predicted molar refractivity (Wildman–Crippen MR) is 84.3 cm³/mol. The van der Waals surface area contributed by atoms with Gasteiger partial charge in [-0.1, -0.05) is 12.1 Å². The molecule has 2 N–H and O–H groups in total. The van der Waals surface area contributed by atoms with Crippen molar-refractivity contribution in [1.29, 1.82) is 5.26 Å². The van der Waals surface area contributed by atoms with Gasteiger partial charge in [0.25, 0.3) is 5.91 Å². The highest BCUT2D eigenvalue weighted by molar-refractivity contribution is 6.01. The molecular weight excluding hydrogens is 294 g/mol. The van der Waals surface area contributed by atoms with Gasteiger partial charge in [-0.25, -0.2) is 0 Å². The predicted octanol–water partition coefficient (Wildman–Crippen LogP) is 2.02. The molecule has 2 aromatic rings. The number of amides is 1. The number of pyridine rings is 1. The van der Waals surface area contributed by atoms with Crippen LogP contribution >= 0.6 is 0 Å². The van der Waals surface area contributed by atoms with Gasteiger partial charge < -0.3 is 15.2 Å². The molecule has 1 aromatic heterocycles. The number of aromatic hydroxyl groups is 1. The highest BCUT2D eigenvalue weighted by Gasteiger charge is 2.10. The number of nitrogens with zero attached hydrogens (tertiary/aromatic N) is 2. The summed E-state index contributed by atoms with van der Waals surface area (Å²) in [6.07, 6.45) is 4.71. The van der Waals surface area contributed by atoms with E-state index in [-0.39, 0.29) is 23.6 Å². The van der Waals surface area contributed by atoms with Gasteiger partial charge in [-0.2, -0.15) is 5.26 Å². The lowest BCUT2D eigenvalue weighted by Crippen LogP contribution is -2.24. The van der Waals surface area contributed by atoms with Crippen LogP contribution in [-0.2, 0) is 11.3 Å². The smallest absolute Gasteiger partial charge is 0.262 e. The summed E-state index contributed by atoms with van der Waals surface area (Å²) in [7, 11) is 1.42. The average molecular weight is 309 g/mol. The number of aromatic nitrogens is 1. The fourth-order valence-electron chi connectivity index (χ4n) is 1.88. The molecule has 116 valence electrons. The topological polar surface area (TPSA) is 95.2 Å². The zero-order valence-electron chi connectivity index (χ0n) is 12.5. The largest absolute Gasteiger partial charge is 0.504 e. The van der Waals surface area contributed by atoms with Crippen LogP contribution in [0.25, 0.3) is 6.08 Å². The summed E-state index contributed by atoms with van der Waals surface area (Å²) in [4.78, 5) is 16.0. The monoisotopic (exact) mass is 309 g/mol. The van der Waals surface area contributed by atoms with Gasteiger partial charge in [-0.3, -0.25) is 9.78 Å². The van der Waals surface area contributed by atoms with E-state index >= 15 is 0 Å². The summed E-state index contributed by atoms with van der Waals surface area (Å²) < 4.78 is 5.00. The van der Waals surface area contributed by atoms with Gasteiger partial charge in [0.2, 0.25) is 0 Å². The summed E-state index contributed by atoms with van der Waals surface area (Å²) in [6.45, 7) is 0.282. The molecule has 6 nitrogen and oxygen atoms in total. The quantitative estimate of drug-likeness (QED) is 0.651. The van der Waals surface area contributed by atoms with E-state index in [0.717, 1.165) is 5.56 Å². The fraction of sp³-hybridized carbons (Fsp3) is 0.118. The van der Waals surface area contributed by atoms with Crippen LogP contribution in [0, 0.1) is 11.3 Å². The van der Waals surface area contributed by atoms with E-state index in [0.29, 0.717) is 5.56 Å². The third-order valence-corrected chi connectivity index (χ3v) is 3.06. The number of hydrogen-bond donors (Lipinski definition) is 2. The second kappa shape index (κ2) is 7.61. The SMILES string of the molecule is COc1cc(/C=C(\C#N)C(=O)NCc2cccnc2)ccc1O. The first-order chi connectivity index (χ1) is 11.1. The van der Waals surface area contributed by atoms with E-state index in [1.54, 1.807) is 30.6 Å². The molecule has 0 spiro atoms. The molecule has 0 saturated heterocycles. The summed E-state index contributed by atoms with van der Waals surface area (Å²) in [5, 5.41) is 21.4. The maximum Gasteiger partial charge on any atom is 0.262 e. The van der Waals surface area contributed by atoms with Crippen molar-refractivity contribution in [2.24, 2.45) is 0 Å². The second-order valence-corrected chi connectivity index (χ2v) is 4.65. The Balaban J connectivity index is 2.12. The molecule has 0 unspecified atom stereocenters. The molecule has 1 heterocycles. The van der Waals surface area contributed by atoms with Gasteiger partial charge in [0.1, 0.15) is 11.6 Å². The molecule has 0 aliphatic carbocycles. The van der Waals surface area contributed by atoms with E-state index in [2.05, 4.69) is 10.3 Å². The summed E-state index contributed by atoms with van der Waals surface area (Å²) in [6, 6.07) is 10.0. The van der Waals surface area contributed by atoms with E-state index in [4.69, 9.17) is 10.00 Å². The number of ether oxygens (including phenoxy) is 1. The van der Waals surface area contributed by atoms with Gasteiger partial charge in [-0.15, -0.1) is 0 Å². The molecule has 6 heteroatoms. The second-order valence-electron chi connectivity index (χ2n) is 4.65. The molecule has 0 fully saturated rings. The van der Waals surface area contributed by atoms with Crippen LogP contribution in [0.2, 0.25) is 0 Å². The lowest BCUT2D eigenvalue weighted by Gasteiger charge is -2.06. The Bertz CT molecular complexity index is 764. The van der Waals surface area contributed by atoms with Gasteiger partial charge in [0.15, 0.2) is 11.5 Å². The maximum atomic E-state index is 12.1. The molecule has 0 bridgehead atoms. The van der Waals surface area contributed by atoms with Crippen molar-refractivity contribution >= 4 is 12.0 Å². The van der Waals surface area contributed by atoms with Crippen molar-refractivity contribution in [3.8, 4) is 17.6 Å². The van der Waals surface area contributed by atoms with Crippen molar-refractivity contribution < 1.29 is 14.6 Å². The molecular formula is C17H15N3O3. The lowest BCUT2D eigenvalue weighted by molar-refractivity contribution is -0.117. The highest BCUT2D eigenvalue weighted by atomic mass is 16.5. The minimum atomic E-state index is -0.483.